The molecule has 0 radical (unpaired) electrons. The Balaban J connectivity index is 0.00000225. The van der Waals surface area contributed by atoms with E-state index in [1.54, 1.807) is 0 Å². The molecule has 0 heterocycles. The third-order valence-corrected chi connectivity index (χ3v) is 3.06. The molecular weight excluding hydrogens is 222 g/mol. The van der Waals surface area contributed by atoms with Gasteiger partial charge in [-0.25, -0.2) is 0 Å². The predicted octanol–water partition coefficient (Wildman–Crippen LogP) is 2.74. The highest BCUT2D eigenvalue weighted by Crippen LogP contribution is 2.24. The minimum Gasteiger partial charge on any atom is -0.391 e. The lowest BCUT2D eigenvalue weighted by Crippen LogP contribution is -2.31. The number of benzene rings is 1. The summed E-state index contributed by atoms with van der Waals surface area (Å²) in [5.74, 6) is 0.180. The maximum absolute atomic E-state index is 9.94. The zero-order valence-corrected chi connectivity index (χ0v) is 11.2. The molecule has 0 unspecified atom stereocenters. The van der Waals surface area contributed by atoms with E-state index in [2.05, 4.69) is 19.9 Å². The third-order valence-electron chi connectivity index (χ3n) is 3.06. The van der Waals surface area contributed by atoms with Gasteiger partial charge in [-0.2, -0.15) is 0 Å². The van der Waals surface area contributed by atoms with Crippen LogP contribution >= 0.6 is 12.4 Å². The smallest absolute Gasteiger partial charge is 0.0755 e. The summed E-state index contributed by atoms with van der Waals surface area (Å²) in [7, 11) is 0. The van der Waals surface area contributed by atoms with Crippen LogP contribution in [0, 0.1) is 19.8 Å². The molecule has 92 valence electrons. The fourth-order valence-electron chi connectivity index (χ4n) is 1.73. The lowest BCUT2D eigenvalue weighted by Gasteiger charge is -2.24. The number of halogens is 1. The zero-order chi connectivity index (χ0) is 11.6. The zero-order valence-electron chi connectivity index (χ0n) is 10.4. The summed E-state index contributed by atoms with van der Waals surface area (Å²) in [6.45, 7) is 8.08. The number of rotatable bonds is 3. The first kappa shape index (κ1) is 15.4. The molecule has 0 aliphatic carbocycles. The summed E-state index contributed by atoms with van der Waals surface area (Å²) in [4.78, 5) is 0. The Kier molecular flexibility index (Phi) is 6.01. The van der Waals surface area contributed by atoms with Crippen molar-refractivity contribution >= 4 is 12.4 Å². The molecule has 0 saturated carbocycles. The van der Waals surface area contributed by atoms with Crippen molar-refractivity contribution in [2.75, 3.05) is 0 Å². The number of aryl methyl sites for hydroxylation is 1. The van der Waals surface area contributed by atoms with Gasteiger partial charge < -0.3 is 10.8 Å². The van der Waals surface area contributed by atoms with Gasteiger partial charge in [0.05, 0.1) is 12.1 Å². The molecule has 1 rings (SSSR count). The monoisotopic (exact) mass is 243 g/mol. The summed E-state index contributed by atoms with van der Waals surface area (Å²) < 4.78 is 0. The van der Waals surface area contributed by atoms with Crippen LogP contribution in [-0.4, -0.2) is 11.2 Å². The van der Waals surface area contributed by atoms with Gasteiger partial charge in [0.1, 0.15) is 0 Å². The first-order chi connectivity index (χ1) is 6.95. The van der Waals surface area contributed by atoms with Crippen LogP contribution in [0.4, 0.5) is 0 Å². The third kappa shape index (κ3) is 3.21. The molecular formula is C13H22ClNO. The molecule has 0 aliphatic rings. The summed E-state index contributed by atoms with van der Waals surface area (Å²) in [6, 6.07) is 5.76. The molecule has 0 aliphatic heterocycles. The lowest BCUT2D eigenvalue weighted by molar-refractivity contribution is 0.0977. The topological polar surface area (TPSA) is 46.2 Å². The van der Waals surface area contributed by atoms with Gasteiger partial charge in [0.25, 0.3) is 0 Å². The highest BCUT2D eigenvalue weighted by atomic mass is 35.5. The maximum Gasteiger partial charge on any atom is 0.0755 e. The van der Waals surface area contributed by atoms with Crippen LogP contribution < -0.4 is 5.73 Å². The number of aliphatic hydroxyl groups excluding tert-OH is 1. The fraction of sp³-hybridized carbons (Fsp3) is 0.538. The van der Waals surface area contributed by atoms with Crippen molar-refractivity contribution in [2.45, 2.75) is 39.8 Å². The lowest BCUT2D eigenvalue weighted by atomic mass is 9.90. The summed E-state index contributed by atoms with van der Waals surface area (Å²) in [5, 5.41) is 9.94. The number of aliphatic hydroxyl groups is 1. The van der Waals surface area contributed by atoms with Crippen molar-refractivity contribution in [3.05, 3.63) is 34.9 Å². The molecule has 0 aromatic heterocycles. The second-order valence-electron chi connectivity index (χ2n) is 4.55. The van der Waals surface area contributed by atoms with E-state index in [1.165, 1.54) is 11.1 Å². The Hall–Kier alpha value is -0.570. The average Bonchev–Trinajstić information content (AvgIpc) is 2.20. The maximum atomic E-state index is 9.94. The van der Waals surface area contributed by atoms with E-state index in [4.69, 9.17) is 5.73 Å². The van der Waals surface area contributed by atoms with Gasteiger partial charge in [-0.05, 0) is 36.5 Å². The van der Waals surface area contributed by atoms with Gasteiger partial charge in [0.15, 0.2) is 0 Å². The van der Waals surface area contributed by atoms with Crippen molar-refractivity contribution < 1.29 is 5.11 Å². The Bertz CT molecular complexity index is 339. The van der Waals surface area contributed by atoms with Crippen LogP contribution in [-0.2, 0) is 0 Å². The van der Waals surface area contributed by atoms with Gasteiger partial charge in [-0.15, -0.1) is 12.4 Å². The van der Waals surface area contributed by atoms with Crippen LogP contribution in [0.1, 0.15) is 36.6 Å². The fourth-order valence-corrected chi connectivity index (χ4v) is 1.73. The Morgan fingerprint density at radius 3 is 2.25 bits per heavy atom. The first-order valence-corrected chi connectivity index (χ1v) is 5.45. The van der Waals surface area contributed by atoms with Crippen LogP contribution in [0.25, 0.3) is 0 Å². The van der Waals surface area contributed by atoms with Gasteiger partial charge >= 0.3 is 0 Å². The van der Waals surface area contributed by atoms with E-state index >= 15 is 0 Å². The van der Waals surface area contributed by atoms with E-state index in [0.29, 0.717) is 0 Å². The highest BCUT2D eigenvalue weighted by molar-refractivity contribution is 5.85. The number of hydrogen-bond donors (Lipinski definition) is 2. The molecule has 0 fully saturated rings. The van der Waals surface area contributed by atoms with E-state index in [-0.39, 0.29) is 24.4 Å². The van der Waals surface area contributed by atoms with Crippen molar-refractivity contribution in [1.82, 2.24) is 0 Å². The van der Waals surface area contributed by atoms with Gasteiger partial charge in [0, 0.05) is 0 Å². The largest absolute Gasteiger partial charge is 0.391 e. The normalized spacial score (nSPS) is 14.4. The Morgan fingerprint density at radius 1 is 1.19 bits per heavy atom. The summed E-state index contributed by atoms with van der Waals surface area (Å²) >= 11 is 0. The van der Waals surface area contributed by atoms with Crippen LogP contribution in [0.5, 0.6) is 0 Å². The van der Waals surface area contributed by atoms with E-state index in [9.17, 15) is 5.11 Å². The molecule has 0 saturated heterocycles. The van der Waals surface area contributed by atoms with Crippen LogP contribution in [0.2, 0.25) is 0 Å². The van der Waals surface area contributed by atoms with Crippen molar-refractivity contribution in [1.29, 1.82) is 0 Å². The standard InChI is InChI=1S/C13H21NO.ClH/c1-8(2)13(15)12(14)11-7-5-6-9(3)10(11)4;/h5-8,12-13,15H,14H2,1-4H3;1H/t12-,13+;/m0./s1. The molecule has 3 N–H and O–H groups in total. The highest BCUT2D eigenvalue weighted by Gasteiger charge is 2.21. The Labute approximate surface area is 104 Å². The molecule has 3 heteroatoms. The van der Waals surface area contributed by atoms with E-state index in [0.717, 1.165) is 5.56 Å². The SMILES string of the molecule is Cc1cccc([C@H](N)[C@H](O)C(C)C)c1C.Cl. The second-order valence-corrected chi connectivity index (χ2v) is 4.55. The summed E-state index contributed by atoms with van der Waals surface area (Å²) in [5.41, 5.74) is 9.52. The minimum absolute atomic E-state index is 0. The minimum atomic E-state index is -0.481. The summed E-state index contributed by atoms with van der Waals surface area (Å²) in [6.07, 6.45) is -0.481. The Morgan fingerprint density at radius 2 is 1.75 bits per heavy atom. The molecule has 0 spiro atoms. The van der Waals surface area contributed by atoms with E-state index < -0.39 is 6.10 Å². The molecule has 0 bridgehead atoms. The van der Waals surface area contributed by atoms with Crippen molar-refractivity contribution in [3.8, 4) is 0 Å². The van der Waals surface area contributed by atoms with Crippen LogP contribution in [0.3, 0.4) is 0 Å². The second kappa shape index (κ2) is 6.24. The van der Waals surface area contributed by atoms with E-state index in [1.807, 2.05) is 26.0 Å². The molecule has 1 aromatic rings. The molecule has 16 heavy (non-hydrogen) atoms. The van der Waals surface area contributed by atoms with Crippen molar-refractivity contribution in [2.24, 2.45) is 11.7 Å². The first-order valence-electron chi connectivity index (χ1n) is 5.45. The molecule has 1 aromatic carbocycles. The molecule has 2 nitrogen and oxygen atoms in total. The average molecular weight is 244 g/mol. The quantitative estimate of drug-likeness (QED) is 0.858. The molecule has 2 atom stereocenters. The van der Waals surface area contributed by atoms with Gasteiger partial charge in [-0.1, -0.05) is 32.0 Å². The molecule has 0 amide bonds. The van der Waals surface area contributed by atoms with Crippen molar-refractivity contribution in [3.63, 3.8) is 0 Å². The number of hydrogen-bond acceptors (Lipinski definition) is 2. The van der Waals surface area contributed by atoms with Gasteiger partial charge in [-0.3, -0.25) is 0 Å². The predicted molar refractivity (Wildman–Crippen MR) is 70.9 cm³/mol. The van der Waals surface area contributed by atoms with Gasteiger partial charge in [0.2, 0.25) is 0 Å². The number of nitrogens with two attached hydrogens (primary N) is 1. The van der Waals surface area contributed by atoms with Crippen LogP contribution in [0.15, 0.2) is 18.2 Å².